The zero-order chi connectivity index (χ0) is 39.8. The second kappa shape index (κ2) is 28.1. The second-order valence-corrected chi connectivity index (χ2v) is 15.8. The van der Waals surface area contributed by atoms with E-state index in [1.165, 1.54) is 0 Å². The lowest BCUT2D eigenvalue weighted by atomic mass is 9.88. The number of benzene rings is 1. The van der Waals surface area contributed by atoms with Gasteiger partial charge in [0.15, 0.2) is 11.5 Å². The third kappa shape index (κ3) is 31.3. The molecule has 2 unspecified atom stereocenters. The highest BCUT2D eigenvalue weighted by molar-refractivity contribution is 5.39. The Morgan fingerprint density at radius 2 is 0.680 bits per heavy atom. The van der Waals surface area contributed by atoms with Crippen molar-refractivity contribution in [3.05, 3.63) is 24.3 Å². The highest BCUT2D eigenvalue weighted by Crippen LogP contribution is 2.31. The Kier molecular flexibility index (Phi) is 29.8. The lowest BCUT2D eigenvalue weighted by molar-refractivity contribution is -0.204. The quantitative estimate of drug-likeness (QED) is 0.131. The topological polar surface area (TPSA) is 73.8 Å². The number of hydrogen-bond acceptors (Lipinski definition) is 8. The molecule has 0 amide bonds. The Balaban J connectivity index is -0.000000594. The molecule has 0 spiro atoms. The SMILES string of the molecule is CC(C)OC(C)(C)C(C)(C)OC(C)C.CC(C)OC(C)C(C)OC(C)C.CC(C)OCCOC(C)C.CC(C)Oc1ccccc1OC(C)C. The molecule has 8 heteroatoms. The Morgan fingerprint density at radius 1 is 0.400 bits per heavy atom. The molecule has 0 saturated carbocycles. The number of ether oxygens (including phenoxy) is 8. The van der Waals surface area contributed by atoms with Gasteiger partial charge in [0.25, 0.3) is 0 Å². The molecule has 0 aliphatic heterocycles. The Morgan fingerprint density at radius 3 is 0.880 bits per heavy atom. The van der Waals surface area contributed by atoms with Crippen LogP contribution in [-0.2, 0) is 28.4 Å². The van der Waals surface area contributed by atoms with E-state index in [4.69, 9.17) is 37.9 Å². The minimum atomic E-state index is -0.272. The van der Waals surface area contributed by atoms with E-state index in [2.05, 4.69) is 27.7 Å². The first kappa shape index (κ1) is 52.9. The Hall–Kier alpha value is -1.42. The van der Waals surface area contributed by atoms with Crippen LogP contribution in [0.1, 0.15) is 152 Å². The second-order valence-electron chi connectivity index (χ2n) is 15.8. The van der Waals surface area contributed by atoms with E-state index in [0.717, 1.165) is 11.5 Å². The van der Waals surface area contributed by atoms with Gasteiger partial charge in [-0.3, -0.25) is 0 Å². The van der Waals surface area contributed by atoms with Crippen molar-refractivity contribution in [2.45, 2.75) is 225 Å². The molecular weight excluding hydrogens is 632 g/mol. The van der Waals surface area contributed by atoms with Crippen LogP contribution < -0.4 is 9.47 Å². The summed E-state index contributed by atoms with van der Waals surface area (Å²) in [5, 5.41) is 0. The first-order valence-electron chi connectivity index (χ1n) is 19.1. The van der Waals surface area contributed by atoms with Crippen molar-refractivity contribution in [1.82, 2.24) is 0 Å². The normalized spacial score (nSPS) is 13.3. The summed E-state index contributed by atoms with van der Waals surface area (Å²) in [4.78, 5) is 0. The van der Waals surface area contributed by atoms with Crippen LogP contribution in [-0.4, -0.2) is 85.5 Å². The summed E-state index contributed by atoms with van der Waals surface area (Å²) in [5.74, 6) is 1.63. The standard InChI is InChI=1S/C12H18O2.C12H26O2.C10H22O2.C8H18O2/c1-9(2)13-11-7-5-6-8-12(11)14-10(3)4;1-9(2)13-11(5,6)12(7,8)14-10(3)4;1-7(2)11-9(5)10(6)12-8(3)4;1-7(2)9-5-6-10-8(3)4/h5-10H,1-4H3;9-10H,1-8H3;7-10H,1-6H3;7-8H,5-6H2,1-4H3. The van der Waals surface area contributed by atoms with Gasteiger partial charge in [-0.15, -0.1) is 0 Å². The van der Waals surface area contributed by atoms with Crippen LogP contribution >= 0.6 is 0 Å². The molecule has 0 heterocycles. The minimum absolute atomic E-state index is 0.173. The summed E-state index contributed by atoms with van der Waals surface area (Å²) in [5.41, 5.74) is -0.545. The van der Waals surface area contributed by atoms with Crippen molar-refractivity contribution in [2.75, 3.05) is 13.2 Å². The molecule has 0 fully saturated rings. The fourth-order valence-electron chi connectivity index (χ4n) is 4.26. The zero-order valence-electron chi connectivity index (χ0n) is 36.8. The molecule has 300 valence electrons. The van der Waals surface area contributed by atoms with Crippen molar-refractivity contribution in [3.63, 3.8) is 0 Å². The summed E-state index contributed by atoms with van der Waals surface area (Å²) in [7, 11) is 0. The summed E-state index contributed by atoms with van der Waals surface area (Å²) < 4.78 is 44.7. The maximum absolute atomic E-state index is 5.88. The molecular formula is C42H84O8. The highest BCUT2D eigenvalue weighted by Gasteiger charge is 2.40. The van der Waals surface area contributed by atoms with Crippen LogP contribution in [0.3, 0.4) is 0 Å². The van der Waals surface area contributed by atoms with Gasteiger partial charge < -0.3 is 37.9 Å². The van der Waals surface area contributed by atoms with E-state index >= 15 is 0 Å². The van der Waals surface area contributed by atoms with Crippen molar-refractivity contribution >= 4 is 0 Å². The molecule has 50 heavy (non-hydrogen) atoms. The summed E-state index contributed by atoms with van der Waals surface area (Å²) in [6.45, 7) is 46.3. The molecule has 0 aromatic heterocycles. The van der Waals surface area contributed by atoms with Gasteiger partial charge in [-0.2, -0.15) is 0 Å². The van der Waals surface area contributed by atoms with Crippen LogP contribution in [0, 0.1) is 0 Å². The van der Waals surface area contributed by atoms with Crippen LogP contribution in [0.4, 0.5) is 0 Å². The van der Waals surface area contributed by atoms with Crippen molar-refractivity contribution < 1.29 is 37.9 Å². The molecule has 0 bridgehead atoms. The third-order valence-electron chi connectivity index (χ3n) is 6.71. The predicted molar refractivity (Wildman–Crippen MR) is 212 cm³/mol. The first-order chi connectivity index (χ1) is 22.7. The largest absolute Gasteiger partial charge is 0.487 e. The van der Waals surface area contributed by atoms with Gasteiger partial charge in [-0.1, -0.05) is 12.1 Å². The molecule has 1 aromatic rings. The van der Waals surface area contributed by atoms with Gasteiger partial charge >= 0.3 is 0 Å². The highest BCUT2D eigenvalue weighted by atomic mass is 16.6. The van der Waals surface area contributed by atoms with Gasteiger partial charge in [-0.05, 0) is 164 Å². The van der Waals surface area contributed by atoms with Crippen LogP contribution in [0.15, 0.2) is 24.3 Å². The van der Waals surface area contributed by atoms with E-state index < -0.39 is 0 Å². The Labute approximate surface area is 310 Å². The van der Waals surface area contributed by atoms with Gasteiger partial charge in [0.1, 0.15) is 0 Å². The van der Waals surface area contributed by atoms with Crippen molar-refractivity contribution in [3.8, 4) is 11.5 Å². The molecule has 0 aliphatic carbocycles. The van der Waals surface area contributed by atoms with Crippen molar-refractivity contribution in [2.24, 2.45) is 0 Å². The van der Waals surface area contributed by atoms with E-state index in [1.54, 1.807) is 0 Å². The molecule has 0 aliphatic rings. The fourth-order valence-corrected chi connectivity index (χ4v) is 4.26. The van der Waals surface area contributed by atoms with E-state index in [0.29, 0.717) is 25.4 Å². The molecule has 2 atom stereocenters. The summed E-state index contributed by atoms with van der Waals surface area (Å²) in [6.07, 6.45) is 2.32. The molecule has 1 aromatic carbocycles. The van der Waals surface area contributed by atoms with Gasteiger partial charge in [-0.25, -0.2) is 0 Å². The van der Waals surface area contributed by atoms with Gasteiger partial charge in [0.2, 0.25) is 0 Å². The zero-order valence-corrected chi connectivity index (χ0v) is 36.8. The van der Waals surface area contributed by atoms with E-state index in [-0.39, 0.29) is 60.0 Å². The van der Waals surface area contributed by atoms with Crippen molar-refractivity contribution in [1.29, 1.82) is 0 Å². The molecule has 0 N–H and O–H groups in total. The summed E-state index contributed by atoms with van der Waals surface area (Å²) in [6, 6.07) is 7.76. The lowest BCUT2D eigenvalue weighted by Gasteiger charge is -2.43. The average Bonchev–Trinajstić information content (AvgIpc) is 2.90. The molecule has 1 rings (SSSR count). The first-order valence-corrected chi connectivity index (χ1v) is 19.1. The van der Waals surface area contributed by atoms with Crippen LogP contribution in [0.2, 0.25) is 0 Å². The lowest BCUT2D eigenvalue weighted by Crippen LogP contribution is -2.51. The number of para-hydroxylation sites is 2. The molecule has 0 radical (unpaired) electrons. The van der Waals surface area contributed by atoms with Crippen LogP contribution in [0.5, 0.6) is 11.5 Å². The van der Waals surface area contributed by atoms with E-state index in [1.807, 2.05) is 149 Å². The monoisotopic (exact) mass is 717 g/mol. The molecule has 8 nitrogen and oxygen atoms in total. The fraction of sp³-hybridized carbons (Fsp3) is 0.857. The maximum Gasteiger partial charge on any atom is 0.161 e. The Bertz CT molecular complexity index is 834. The van der Waals surface area contributed by atoms with Gasteiger partial charge in [0.05, 0.1) is 85.5 Å². The number of hydrogen-bond donors (Lipinski definition) is 0. The smallest absolute Gasteiger partial charge is 0.161 e. The molecule has 0 saturated heterocycles. The van der Waals surface area contributed by atoms with Crippen LogP contribution in [0.25, 0.3) is 0 Å². The predicted octanol–water partition coefficient (Wildman–Crippen LogP) is 11.1. The maximum atomic E-state index is 5.88. The number of rotatable bonds is 19. The average molecular weight is 717 g/mol. The van der Waals surface area contributed by atoms with Gasteiger partial charge in [0, 0.05) is 0 Å². The third-order valence-corrected chi connectivity index (χ3v) is 6.71. The minimum Gasteiger partial charge on any atom is -0.487 e. The van der Waals surface area contributed by atoms with E-state index in [9.17, 15) is 0 Å². The summed E-state index contributed by atoms with van der Waals surface area (Å²) >= 11 is 0.